The molecule has 164 valence electrons. The second-order valence-electron chi connectivity index (χ2n) is 8.43. The number of aromatic nitrogens is 5. The molecule has 0 aromatic carbocycles. The molecule has 3 aromatic rings. The Labute approximate surface area is 182 Å². The van der Waals surface area contributed by atoms with Gasteiger partial charge >= 0.3 is 0 Å². The first-order valence-corrected chi connectivity index (χ1v) is 11.2. The lowest BCUT2D eigenvalue weighted by molar-refractivity contribution is 0.125. The number of ether oxygens (including phenoxy) is 1. The molecule has 2 bridgehead atoms. The molecule has 2 aliphatic rings. The number of anilines is 3. The van der Waals surface area contributed by atoms with E-state index in [1.165, 1.54) is 0 Å². The van der Waals surface area contributed by atoms with Gasteiger partial charge in [0.05, 0.1) is 18.8 Å². The van der Waals surface area contributed by atoms with Crippen molar-refractivity contribution in [2.45, 2.75) is 52.2 Å². The van der Waals surface area contributed by atoms with Crippen LogP contribution < -0.4 is 15.5 Å². The summed E-state index contributed by atoms with van der Waals surface area (Å²) in [7, 11) is 0. The van der Waals surface area contributed by atoms with E-state index in [0.717, 1.165) is 72.5 Å². The predicted molar refractivity (Wildman–Crippen MR) is 121 cm³/mol. The molecule has 2 N–H and O–H groups in total. The molecule has 0 radical (unpaired) electrons. The molecule has 3 aromatic heterocycles. The molecule has 0 aliphatic carbocycles. The number of piperazine rings is 1. The average Bonchev–Trinajstić information content (AvgIpc) is 3.46. The second-order valence-corrected chi connectivity index (χ2v) is 8.43. The highest BCUT2D eigenvalue weighted by molar-refractivity contribution is 5.90. The minimum atomic E-state index is 0.449. The van der Waals surface area contributed by atoms with E-state index in [2.05, 4.69) is 27.4 Å². The first-order valence-electron chi connectivity index (χ1n) is 11.2. The molecule has 2 fully saturated rings. The molecular formula is C22H30N8O. The number of rotatable bonds is 8. The van der Waals surface area contributed by atoms with Crippen molar-refractivity contribution in [3.05, 3.63) is 29.6 Å². The van der Waals surface area contributed by atoms with Gasteiger partial charge in [-0.2, -0.15) is 10.1 Å². The molecule has 5 heterocycles. The van der Waals surface area contributed by atoms with E-state index in [-0.39, 0.29) is 0 Å². The molecule has 0 unspecified atom stereocenters. The maximum absolute atomic E-state index is 5.71. The summed E-state index contributed by atoms with van der Waals surface area (Å²) in [5.74, 6) is 2.27. The van der Waals surface area contributed by atoms with Crippen LogP contribution in [0.3, 0.4) is 0 Å². The molecule has 2 aliphatic heterocycles. The summed E-state index contributed by atoms with van der Waals surface area (Å²) < 4.78 is 7.67. The van der Waals surface area contributed by atoms with Crippen molar-refractivity contribution in [3.8, 4) is 0 Å². The van der Waals surface area contributed by atoms with Crippen LogP contribution in [-0.2, 0) is 11.3 Å². The van der Waals surface area contributed by atoms with Gasteiger partial charge in [0, 0.05) is 37.5 Å². The van der Waals surface area contributed by atoms with Crippen LogP contribution in [-0.4, -0.2) is 63.1 Å². The topological polar surface area (TPSA) is 93.0 Å². The second kappa shape index (κ2) is 8.39. The van der Waals surface area contributed by atoms with Gasteiger partial charge in [-0.25, -0.2) is 9.97 Å². The Kier molecular flexibility index (Phi) is 5.45. The molecule has 9 nitrogen and oxygen atoms in total. The third-order valence-corrected chi connectivity index (χ3v) is 5.99. The highest BCUT2D eigenvalue weighted by atomic mass is 16.5. The maximum atomic E-state index is 5.71. The Balaban J connectivity index is 1.55. The van der Waals surface area contributed by atoms with E-state index in [1.807, 2.05) is 36.7 Å². The SMILES string of the molecule is CCCOCCn1nc(C)c2nc(N3C[C@@H]4C[C@H]3CN4)nc(Nc3cccc(C)n3)c21. The van der Waals surface area contributed by atoms with Crippen LogP contribution in [0.1, 0.15) is 31.2 Å². The largest absolute Gasteiger partial charge is 0.380 e. The molecule has 0 amide bonds. The Morgan fingerprint density at radius 1 is 1.19 bits per heavy atom. The van der Waals surface area contributed by atoms with E-state index in [1.54, 1.807) is 0 Å². The summed E-state index contributed by atoms with van der Waals surface area (Å²) in [6.45, 7) is 10.0. The summed E-state index contributed by atoms with van der Waals surface area (Å²) in [6.07, 6.45) is 2.15. The molecule has 31 heavy (non-hydrogen) atoms. The van der Waals surface area contributed by atoms with E-state index in [9.17, 15) is 0 Å². The Morgan fingerprint density at radius 2 is 2.10 bits per heavy atom. The monoisotopic (exact) mass is 422 g/mol. The average molecular weight is 423 g/mol. The van der Waals surface area contributed by atoms with Crippen LogP contribution in [0, 0.1) is 13.8 Å². The van der Waals surface area contributed by atoms with E-state index in [4.69, 9.17) is 19.8 Å². The van der Waals surface area contributed by atoms with Gasteiger partial charge in [0.2, 0.25) is 5.95 Å². The number of fused-ring (bicyclic) bond motifs is 3. The van der Waals surface area contributed by atoms with Crippen LogP contribution >= 0.6 is 0 Å². The van der Waals surface area contributed by atoms with Gasteiger partial charge in [0.25, 0.3) is 0 Å². The summed E-state index contributed by atoms with van der Waals surface area (Å²) in [5.41, 5.74) is 3.63. The zero-order valence-electron chi connectivity index (χ0n) is 18.4. The lowest BCUT2D eigenvalue weighted by atomic mass is 10.2. The Bertz CT molecular complexity index is 1080. The van der Waals surface area contributed by atoms with Crippen LogP contribution in [0.25, 0.3) is 11.0 Å². The lowest BCUT2D eigenvalue weighted by Gasteiger charge is -2.27. The minimum Gasteiger partial charge on any atom is -0.380 e. The summed E-state index contributed by atoms with van der Waals surface area (Å²) >= 11 is 0. The van der Waals surface area contributed by atoms with Crippen molar-refractivity contribution >= 4 is 28.6 Å². The summed E-state index contributed by atoms with van der Waals surface area (Å²) in [5, 5.41) is 11.8. The molecule has 0 saturated carbocycles. The number of aryl methyl sites for hydroxylation is 2. The first kappa shape index (κ1) is 20.1. The number of nitrogens with zero attached hydrogens (tertiary/aromatic N) is 6. The smallest absolute Gasteiger partial charge is 0.228 e. The van der Waals surface area contributed by atoms with Gasteiger partial charge in [-0.05, 0) is 38.8 Å². The zero-order chi connectivity index (χ0) is 21.4. The van der Waals surface area contributed by atoms with Crippen molar-refractivity contribution in [2.75, 3.05) is 36.5 Å². The number of nitrogens with one attached hydrogen (secondary N) is 2. The number of hydrogen-bond acceptors (Lipinski definition) is 8. The van der Waals surface area contributed by atoms with Crippen LogP contribution in [0.15, 0.2) is 18.2 Å². The predicted octanol–water partition coefficient (Wildman–Crippen LogP) is 2.56. The van der Waals surface area contributed by atoms with Gasteiger partial charge in [-0.3, -0.25) is 4.68 Å². The highest BCUT2D eigenvalue weighted by Crippen LogP contribution is 2.32. The van der Waals surface area contributed by atoms with Crippen molar-refractivity contribution in [2.24, 2.45) is 0 Å². The Morgan fingerprint density at radius 3 is 2.84 bits per heavy atom. The molecule has 9 heteroatoms. The third kappa shape index (κ3) is 3.95. The number of pyridine rings is 1. The fourth-order valence-corrected chi connectivity index (χ4v) is 4.53. The highest BCUT2D eigenvalue weighted by Gasteiger charge is 2.39. The van der Waals surface area contributed by atoms with E-state index < -0.39 is 0 Å². The molecule has 2 saturated heterocycles. The Hall–Kier alpha value is -2.78. The maximum Gasteiger partial charge on any atom is 0.228 e. The molecule has 0 spiro atoms. The van der Waals surface area contributed by atoms with Gasteiger partial charge in [0.1, 0.15) is 16.9 Å². The van der Waals surface area contributed by atoms with Crippen molar-refractivity contribution in [1.29, 1.82) is 0 Å². The third-order valence-electron chi connectivity index (χ3n) is 5.99. The van der Waals surface area contributed by atoms with Crippen molar-refractivity contribution < 1.29 is 4.74 Å². The molecule has 2 atom stereocenters. The van der Waals surface area contributed by atoms with Crippen LogP contribution in [0.5, 0.6) is 0 Å². The minimum absolute atomic E-state index is 0.449. The zero-order valence-corrected chi connectivity index (χ0v) is 18.4. The van der Waals surface area contributed by atoms with Crippen molar-refractivity contribution in [3.63, 3.8) is 0 Å². The lowest BCUT2D eigenvalue weighted by Crippen LogP contribution is -2.44. The van der Waals surface area contributed by atoms with Gasteiger partial charge in [-0.1, -0.05) is 13.0 Å². The molecule has 5 rings (SSSR count). The fourth-order valence-electron chi connectivity index (χ4n) is 4.53. The fraction of sp³-hybridized carbons (Fsp3) is 0.545. The van der Waals surface area contributed by atoms with Crippen LogP contribution in [0.2, 0.25) is 0 Å². The normalized spacial score (nSPS) is 20.2. The van der Waals surface area contributed by atoms with E-state index in [0.29, 0.717) is 25.2 Å². The summed E-state index contributed by atoms with van der Waals surface area (Å²) in [6, 6.07) is 6.92. The molecular weight excluding hydrogens is 392 g/mol. The standard InChI is InChI=1S/C22H30N8O/c1-4-9-31-10-8-30-20-19(15(3)28-30)26-22(29-13-16-11-17(29)12-23-16)27-21(20)25-18-7-5-6-14(2)24-18/h5-7,16-17,23H,4,8-13H2,1-3H3,(H,24,25,26,27)/t16-,17-/m0/s1. The van der Waals surface area contributed by atoms with Crippen molar-refractivity contribution in [1.82, 2.24) is 30.0 Å². The van der Waals surface area contributed by atoms with Gasteiger partial charge in [-0.15, -0.1) is 0 Å². The first-order chi connectivity index (χ1) is 15.1. The van der Waals surface area contributed by atoms with Crippen LogP contribution in [0.4, 0.5) is 17.6 Å². The van der Waals surface area contributed by atoms with E-state index >= 15 is 0 Å². The summed E-state index contributed by atoms with van der Waals surface area (Å²) in [4.78, 5) is 16.9. The quantitative estimate of drug-likeness (QED) is 0.535. The number of hydrogen-bond donors (Lipinski definition) is 2. The van der Waals surface area contributed by atoms with Gasteiger partial charge < -0.3 is 20.3 Å². The van der Waals surface area contributed by atoms with Gasteiger partial charge in [0.15, 0.2) is 5.82 Å².